The summed E-state index contributed by atoms with van der Waals surface area (Å²) >= 11 is 0. The highest BCUT2D eigenvalue weighted by molar-refractivity contribution is 5.86. The monoisotopic (exact) mass is 614 g/mol. The normalized spacial score (nSPS) is 11.5. The van der Waals surface area contributed by atoms with Gasteiger partial charge in [-0.2, -0.15) is 9.97 Å². The largest absolute Gasteiger partial charge is 0.872 e. The van der Waals surface area contributed by atoms with Gasteiger partial charge in [0, 0.05) is 13.1 Å². The second-order valence-corrected chi connectivity index (χ2v) is 11.6. The van der Waals surface area contributed by atoms with Crippen LogP contribution in [0.2, 0.25) is 0 Å². The predicted molar refractivity (Wildman–Crippen MR) is 154 cm³/mol. The van der Waals surface area contributed by atoms with Crippen LogP contribution in [0, 0.1) is 0 Å². The number of carboxylic acids is 1. The number of nitrogens with one attached hydrogen (secondary N) is 2. The summed E-state index contributed by atoms with van der Waals surface area (Å²) in [6.07, 6.45) is -0.244. The van der Waals surface area contributed by atoms with Crippen molar-refractivity contribution in [2.45, 2.75) is 65.9 Å². The van der Waals surface area contributed by atoms with Gasteiger partial charge in [0.25, 0.3) is 0 Å². The van der Waals surface area contributed by atoms with E-state index >= 15 is 0 Å². The molecule has 0 saturated carbocycles. The lowest BCUT2D eigenvalue weighted by Gasteiger charge is -2.23. The van der Waals surface area contributed by atoms with Crippen molar-refractivity contribution in [3.63, 3.8) is 0 Å². The fourth-order valence-electron chi connectivity index (χ4n) is 3.63. The lowest BCUT2D eigenvalue weighted by Crippen LogP contribution is -2.43. The van der Waals surface area contributed by atoms with Gasteiger partial charge < -0.3 is 39.2 Å². The van der Waals surface area contributed by atoms with Crippen molar-refractivity contribution in [3.05, 3.63) is 36.2 Å². The Balaban J connectivity index is 1.85. The van der Waals surface area contributed by atoms with Gasteiger partial charge in [0.15, 0.2) is 11.2 Å². The topological polar surface area (TPSA) is 210 Å². The van der Waals surface area contributed by atoms with Crippen molar-refractivity contribution in [1.82, 2.24) is 29.7 Å². The molecule has 2 aromatic heterocycles. The highest BCUT2D eigenvalue weighted by atomic mass is 16.6. The molecule has 0 fully saturated rings. The summed E-state index contributed by atoms with van der Waals surface area (Å²) in [6, 6.07) is 5.95. The molecule has 44 heavy (non-hydrogen) atoms. The van der Waals surface area contributed by atoms with Crippen LogP contribution in [0.4, 0.5) is 15.5 Å². The Bertz CT molecular complexity index is 1490. The van der Waals surface area contributed by atoms with Gasteiger partial charge in [0.1, 0.15) is 30.9 Å². The molecule has 1 aromatic carbocycles. The lowest BCUT2D eigenvalue weighted by molar-refractivity contribution is -0.268. The molecule has 2 heterocycles. The quantitative estimate of drug-likeness (QED) is 0.284. The van der Waals surface area contributed by atoms with Crippen molar-refractivity contribution >= 4 is 41.2 Å². The number of aliphatic carboxylic acids is 1. The number of carbonyl (C=O) groups is 4. The number of rotatable bonds is 11. The smallest absolute Gasteiger partial charge is 0.414 e. The third-order valence-electron chi connectivity index (χ3n) is 5.38. The molecule has 0 aliphatic rings. The van der Waals surface area contributed by atoms with Crippen LogP contribution in [-0.4, -0.2) is 84.4 Å². The standard InChI is InChI=1S/C28H37N7O9/c1-27(2,3)43-25(40)29-11-12-34(14-20(38)39)19(37)13-35-16-30-21-22(35)31-24(33-26(41)44-28(4,5)6)32-23(21)42-15-17-7-9-18(36)10-8-17/h7-10,16,36H,11-15H2,1-6H3,(H,29,40)(H,38,39)(H,31,32,33,41)/p-1. The van der Waals surface area contributed by atoms with Crippen molar-refractivity contribution in [2.75, 3.05) is 25.0 Å². The molecule has 0 radical (unpaired) electrons. The highest BCUT2D eigenvalue weighted by Crippen LogP contribution is 2.25. The van der Waals surface area contributed by atoms with Crippen LogP contribution in [0.25, 0.3) is 11.2 Å². The van der Waals surface area contributed by atoms with E-state index in [0.29, 0.717) is 5.56 Å². The SMILES string of the molecule is CC(C)(C)OC(=O)NCCN(CC(=O)O)C(=O)Cn1cnc2c(OCc3ccc([O-])cc3)nc(NC(=O)OC(C)(C)C)nc21. The molecule has 16 nitrogen and oxygen atoms in total. The molecule has 3 rings (SSSR count). The summed E-state index contributed by atoms with van der Waals surface area (Å²) < 4.78 is 17.6. The fraction of sp³-hybridized carbons (Fsp3) is 0.464. The number of hydrogen-bond acceptors (Lipinski definition) is 11. The number of imidazole rings is 1. The summed E-state index contributed by atoms with van der Waals surface area (Å²) in [4.78, 5) is 63.0. The van der Waals surface area contributed by atoms with E-state index in [4.69, 9.17) is 14.2 Å². The minimum Gasteiger partial charge on any atom is -0.872 e. The van der Waals surface area contributed by atoms with Gasteiger partial charge in [-0.15, -0.1) is 5.75 Å². The van der Waals surface area contributed by atoms with E-state index in [9.17, 15) is 29.4 Å². The molecule has 0 bridgehead atoms. The van der Waals surface area contributed by atoms with Crippen LogP contribution in [-0.2, 0) is 32.2 Å². The molecule has 16 heteroatoms. The van der Waals surface area contributed by atoms with E-state index in [1.165, 1.54) is 23.0 Å². The van der Waals surface area contributed by atoms with Crippen LogP contribution >= 0.6 is 0 Å². The molecule has 3 aromatic rings. The zero-order valence-corrected chi connectivity index (χ0v) is 25.4. The molecule has 3 amide bonds. The van der Waals surface area contributed by atoms with Gasteiger partial charge in [-0.3, -0.25) is 14.9 Å². The highest BCUT2D eigenvalue weighted by Gasteiger charge is 2.23. The van der Waals surface area contributed by atoms with E-state index in [1.54, 1.807) is 53.7 Å². The Morgan fingerprint density at radius 2 is 1.61 bits per heavy atom. The van der Waals surface area contributed by atoms with E-state index in [0.717, 1.165) is 4.90 Å². The van der Waals surface area contributed by atoms with Crippen LogP contribution in [0.15, 0.2) is 30.6 Å². The first-order valence-corrected chi connectivity index (χ1v) is 13.6. The Morgan fingerprint density at radius 1 is 0.977 bits per heavy atom. The Labute approximate surface area is 253 Å². The number of anilines is 1. The van der Waals surface area contributed by atoms with Gasteiger partial charge >= 0.3 is 18.2 Å². The molecule has 0 aliphatic heterocycles. The first kappa shape index (κ1) is 33.4. The van der Waals surface area contributed by atoms with E-state index in [2.05, 4.69) is 25.6 Å². The second-order valence-electron chi connectivity index (χ2n) is 11.6. The molecule has 3 N–H and O–H groups in total. The lowest BCUT2D eigenvalue weighted by atomic mass is 10.2. The summed E-state index contributed by atoms with van der Waals surface area (Å²) in [5, 5.41) is 25.7. The summed E-state index contributed by atoms with van der Waals surface area (Å²) in [7, 11) is 0. The molecule has 0 spiro atoms. The number of aromatic nitrogens is 4. The Hall–Kier alpha value is -5.15. The van der Waals surface area contributed by atoms with Gasteiger partial charge in [0.05, 0.1) is 6.33 Å². The number of amides is 3. The van der Waals surface area contributed by atoms with Crippen molar-refractivity contribution < 1.29 is 43.6 Å². The fourth-order valence-corrected chi connectivity index (χ4v) is 3.63. The average Bonchev–Trinajstić information content (AvgIpc) is 3.27. The Morgan fingerprint density at radius 3 is 2.23 bits per heavy atom. The molecule has 0 unspecified atom stereocenters. The number of ether oxygens (including phenoxy) is 3. The maximum absolute atomic E-state index is 13.2. The van der Waals surface area contributed by atoms with E-state index < -0.39 is 41.8 Å². The average molecular weight is 615 g/mol. The van der Waals surface area contributed by atoms with Crippen LogP contribution in [0.1, 0.15) is 47.1 Å². The minimum atomic E-state index is -1.25. The summed E-state index contributed by atoms with van der Waals surface area (Å²) in [6.45, 7) is 8.96. The number of nitrogens with zero attached hydrogens (tertiary/aromatic N) is 5. The summed E-state index contributed by atoms with van der Waals surface area (Å²) in [5.41, 5.74) is -0.610. The van der Waals surface area contributed by atoms with E-state index in [1.807, 2.05) is 0 Å². The second kappa shape index (κ2) is 13.9. The van der Waals surface area contributed by atoms with Crippen molar-refractivity contribution in [2.24, 2.45) is 0 Å². The molecule has 0 atom stereocenters. The molecular weight excluding hydrogens is 578 g/mol. The Kier molecular flexibility index (Phi) is 10.5. The van der Waals surface area contributed by atoms with Crippen LogP contribution in [0.3, 0.4) is 0 Å². The first-order chi connectivity index (χ1) is 20.5. The third-order valence-corrected chi connectivity index (χ3v) is 5.38. The zero-order valence-electron chi connectivity index (χ0n) is 25.4. The molecule has 0 saturated heterocycles. The van der Waals surface area contributed by atoms with Crippen molar-refractivity contribution in [1.29, 1.82) is 0 Å². The molecular formula is C28H36N7O9-. The number of carboxylic acid groups (broad SMARTS) is 1. The zero-order chi connectivity index (χ0) is 32.7. The van der Waals surface area contributed by atoms with Gasteiger partial charge in [-0.25, -0.2) is 14.6 Å². The molecule has 0 aliphatic carbocycles. The number of carbonyl (C=O) groups excluding carboxylic acids is 3. The third kappa shape index (κ3) is 10.6. The number of fused-ring (bicyclic) bond motifs is 1. The summed E-state index contributed by atoms with van der Waals surface area (Å²) in [5.74, 6) is -2.25. The first-order valence-electron chi connectivity index (χ1n) is 13.6. The van der Waals surface area contributed by atoms with Gasteiger partial charge in [0.2, 0.25) is 17.7 Å². The molecule has 238 valence electrons. The maximum atomic E-state index is 13.2. The number of alkyl carbamates (subject to hydrolysis) is 1. The van der Waals surface area contributed by atoms with Crippen LogP contribution in [0.5, 0.6) is 11.6 Å². The van der Waals surface area contributed by atoms with Gasteiger partial charge in [-0.05, 0) is 47.1 Å². The predicted octanol–water partition coefficient (Wildman–Crippen LogP) is 2.26. The maximum Gasteiger partial charge on any atom is 0.414 e. The van der Waals surface area contributed by atoms with Crippen molar-refractivity contribution in [3.8, 4) is 11.6 Å². The number of benzene rings is 1. The van der Waals surface area contributed by atoms with Gasteiger partial charge in [-0.1, -0.05) is 24.3 Å². The van der Waals surface area contributed by atoms with E-state index in [-0.39, 0.29) is 55.0 Å². The van der Waals surface area contributed by atoms with Crippen LogP contribution < -0.4 is 20.5 Å². The minimum absolute atomic E-state index is 0.00109. The number of hydrogen-bond donors (Lipinski definition) is 3.